The van der Waals surface area contributed by atoms with Crippen molar-refractivity contribution >= 4 is 10.2 Å². The van der Waals surface area contributed by atoms with Crippen molar-refractivity contribution < 1.29 is 8.42 Å². The van der Waals surface area contributed by atoms with E-state index in [9.17, 15) is 8.42 Å². The minimum absolute atomic E-state index is 0.534. The summed E-state index contributed by atoms with van der Waals surface area (Å²) in [5, 5.41) is 6.63. The molecule has 0 aromatic carbocycles. The van der Waals surface area contributed by atoms with Gasteiger partial charge in [-0.3, -0.25) is 0 Å². The zero-order valence-electron chi connectivity index (χ0n) is 5.00. The molecule has 0 aromatic rings. The Morgan fingerprint density at radius 1 is 1.22 bits per heavy atom. The first-order chi connectivity index (χ1) is 4.11. The monoisotopic (exact) mass is 149 g/mol. The van der Waals surface area contributed by atoms with Gasteiger partial charge >= 0.3 is 0 Å². The molecule has 0 aliphatic carbocycles. The highest BCUT2D eigenvalue weighted by molar-refractivity contribution is 7.86. The smallest absolute Gasteiger partial charge is 0.194 e. The van der Waals surface area contributed by atoms with E-state index in [0.29, 0.717) is 13.1 Å². The molecule has 1 N–H and O–H groups in total. The van der Waals surface area contributed by atoms with E-state index >= 15 is 0 Å². The SMILES string of the molecule is [NH]S(=O)(=O)N1CCCC1. The Kier molecular flexibility index (Phi) is 1.74. The largest absolute Gasteiger partial charge is 0.293 e. The van der Waals surface area contributed by atoms with Crippen molar-refractivity contribution in [2.45, 2.75) is 12.8 Å². The van der Waals surface area contributed by atoms with Gasteiger partial charge in [0.25, 0.3) is 10.2 Å². The van der Waals surface area contributed by atoms with E-state index in [2.05, 4.69) is 0 Å². The maximum absolute atomic E-state index is 10.4. The van der Waals surface area contributed by atoms with Gasteiger partial charge in [-0.1, -0.05) is 0 Å². The van der Waals surface area contributed by atoms with Gasteiger partial charge < -0.3 is 0 Å². The standard InChI is InChI=1S/C4H9N2O2S/c5-9(7,8)6-3-1-2-4-6/h5H,1-4H2. The Bertz CT molecular complexity index is 181. The van der Waals surface area contributed by atoms with Crippen LogP contribution < -0.4 is 5.14 Å². The van der Waals surface area contributed by atoms with Gasteiger partial charge in [0.15, 0.2) is 0 Å². The number of nitrogens with zero attached hydrogens (tertiary/aromatic N) is 1. The first-order valence-corrected chi connectivity index (χ1v) is 4.29. The molecule has 1 fully saturated rings. The van der Waals surface area contributed by atoms with Gasteiger partial charge in [0.05, 0.1) is 0 Å². The van der Waals surface area contributed by atoms with Crippen molar-refractivity contribution in [2.24, 2.45) is 0 Å². The van der Waals surface area contributed by atoms with Crippen LogP contribution >= 0.6 is 0 Å². The van der Waals surface area contributed by atoms with Crippen molar-refractivity contribution in [1.82, 2.24) is 9.44 Å². The molecule has 0 bridgehead atoms. The Morgan fingerprint density at radius 3 is 1.89 bits per heavy atom. The number of hydrogen-bond acceptors (Lipinski definition) is 2. The number of nitrogens with one attached hydrogen (secondary N) is 1. The Hall–Kier alpha value is -0.130. The summed E-state index contributed by atoms with van der Waals surface area (Å²) in [4.78, 5) is 0. The van der Waals surface area contributed by atoms with E-state index in [0.717, 1.165) is 12.8 Å². The van der Waals surface area contributed by atoms with Gasteiger partial charge in [0.1, 0.15) is 0 Å². The van der Waals surface area contributed by atoms with E-state index in [1.807, 2.05) is 0 Å². The molecule has 9 heavy (non-hydrogen) atoms. The molecule has 0 spiro atoms. The maximum atomic E-state index is 10.4. The predicted octanol–water partition coefficient (Wildman–Crippen LogP) is -0.390. The molecule has 1 radical (unpaired) electrons. The fourth-order valence-electron chi connectivity index (χ4n) is 0.928. The van der Waals surface area contributed by atoms with Crippen molar-refractivity contribution in [3.63, 3.8) is 0 Å². The fraction of sp³-hybridized carbons (Fsp3) is 1.00. The van der Waals surface area contributed by atoms with Gasteiger partial charge in [-0.15, -0.1) is 5.14 Å². The Balaban J connectivity index is 2.63. The minimum atomic E-state index is -3.62. The summed E-state index contributed by atoms with van der Waals surface area (Å²) in [7, 11) is -3.62. The third-order valence-electron chi connectivity index (χ3n) is 1.40. The molecule has 1 saturated heterocycles. The quantitative estimate of drug-likeness (QED) is 0.509. The van der Waals surface area contributed by atoms with E-state index < -0.39 is 10.2 Å². The Morgan fingerprint density at radius 2 is 1.67 bits per heavy atom. The van der Waals surface area contributed by atoms with Crippen molar-refractivity contribution in [3.8, 4) is 0 Å². The summed E-state index contributed by atoms with van der Waals surface area (Å²) >= 11 is 0. The summed E-state index contributed by atoms with van der Waals surface area (Å²) < 4.78 is 22.0. The van der Waals surface area contributed by atoms with Crippen LogP contribution in [0.4, 0.5) is 0 Å². The van der Waals surface area contributed by atoms with E-state index in [-0.39, 0.29) is 0 Å². The van der Waals surface area contributed by atoms with Crippen LogP contribution in [-0.2, 0) is 10.2 Å². The van der Waals surface area contributed by atoms with Crippen molar-refractivity contribution in [3.05, 3.63) is 0 Å². The first kappa shape index (κ1) is 6.98. The van der Waals surface area contributed by atoms with Gasteiger partial charge in [-0.25, -0.2) is 0 Å². The summed E-state index contributed by atoms with van der Waals surface area (Å²) in [6.45, 7) is 1.07. The predicted molar refractivity (Wildman–Crippen MR) is 32.8 cm³/mol. The van der Waals surface area contributed by atoms with Crippen LogP contribution in [0.25, 0.3) is 0 Å². The van der Waals surface area contributed by atoms with Gasteiger partial charge in [0.2, 0.25) is 0 Å². The molecular formula is C4H9N2O2S. The Labute approximate surface area is 54.8 Å². The van der Waals surface area contributed by atoms with Crippen molar-refractivity contribution in [2.75, 3.05) is 13.1 Å². The highest BCUT2D eigenvalue weighted by Gasteiger charge is 2.21. The molecule has 0 unspecified atom stereocenters. The molecule has 0 amide bonds. The molecule has 0 aromatic heterocycles. The van der Waals surface area contributed by atoms with Crippen LogP contribution in [-0.4, -0.2) is 25.8 Å². The van der Waals surface area contributed by atoms with Crippen LogP contribution in [0.3, 0.4) is 0 Å². The van der Waals surface area contributed by atoms with E-state index in [1.54, 1.807) is 0 Å². The second-order valence-electron chi connectivity index (χ2n) is 2.11. The molecule has 1 rings (SSSR count). The van der Waals surface area contributed by atoms with Crippen LogP contribution in [0.15, 0.2) is 0 Å². The lowest BCUT2D eigenvalue weighted by molar-refractivity contribution is 0.477. The molecule has 1 heterocycles. The first-order valence-electron chi connectivity index (χ1n) is 2.85. The molecule has 1 aliphatic heterocycles. The summed E-state index contributed by atoms with van der Waals surface area (Å²) in [6.07, 6.45) is 1.80. The van der Waals surface area contributed by atoms with E-state index in [4.69, 9.17) is 5.14 Å². The van der Waals surface area contributed by atoms with Crippen LogP contribution in [0.2, 0.25) is 0 Å². The summed E-state index contributed by atoms with van der Waals surface area (Å²) in [5.41, 5.74) is 0. The van der Waals surface area contributed by atoms with Crippen LogP contribution in [0.5, 0.6) is 0 Å². The normalized spacial score (nSPS) is 22.8. The highest BCUT2D eigenvalue weighted by atomic mass is 32.2. The molecule has 0 atom stereocenters. The lowest BCUT2D eigenvalue weighted by Gasteiger charge is -2.08. The molecule has 5 heteroatoms. The molecule has 1 aliphatic rings. The second kappa shape index (κ2) is 2.24. The van der Waals surface area contributed by atoms with Gasteiger partial charge in [-0.2, -0.15) is 12.7 Å². The molecular weight excluding hydrogens is 140 g/mol. The highest BCUT2D eigenvalue weighted by Crippen LogP contribution is 2.09. The van der Waals surface area contributed by atoms with Gasteiger partial charge in [-0.05, 0) is 12.8 Å². The average Bonchev–Trinajstić information content (AvgIpc) is 2.08. The zero-order chi connectivity index (χ0) is 6.91. The maximum Gasteiger partial charge on any atom is 0.293 e. The third kappa shape index (κ3) is 1.64. The molecule has 0 saturated carbocycles. The summed E-state index contributed by atoms with van der Waals surface area (Å²) in [5.74, 6) is 0. The topological polar surface area (TPSA) is 61.2 Å². The summed E-state index contributed by atoms with van der Waals surface area (Å²) in [6, 6.07) is 0. The van der Waals surface area contributed by atoms with Gasteiger partial charge in [0, 0.05) is 13.1 Å². The molecule has 4 nitrogen and oxygen atoms in total. The van der Waals surface area contributed by atoms with Crippen LogP contribution in [0, 0.1) is 0 Å². The van der Waals surface area contributed by atoms with E-state index in [1.165, 1.54) is 4.31 Å². The average molecular weight is 149 g/mol. The second-order valence-corrected chi connectivity index (χ2v) is 3.58. The van der Waals surface area contributed by atoms with Crippen molar-refractivity contribution in [1.29, 1.82) is 0 Å². The third-order valence-corrected chi connectivity index (χ3v) is 2.45. The number of hydrogen-bond donors (Lipinski definition) is 0. The molecule has 53 valence electrons. The zero-order valence-corrected chi connectivity index (χ0v) is 5.82. The minimum Gasteiger partial charge on any atom is -0.194 e. The van der Waals surface area contributed by atoms with Crippen LogP contribution in [0.1, 0.15) is 12.8 Å². The fourth-order valence-corrected chi connectivity index (χ4v) is 1.67. The number of rotatable bonds is 1. The lowest BCUT2D eigenvalue weighted by atomic mass is 10.4. The lowest BCUT2D eigenvalue weighted by Crippen LogP contribution is -2.27.